The van der Waals surface area contributed by atoms with Crippen molar-refractivity contribution >= 4 is 5.78 Å². The smallest absolute Gasteiger partial charge is 0.264 e. The van der Waals surface area contributed by atoms with Crippen LogP contribution in [0.2, 0.25) is 0 Å². The molecule has 0 bridgehead atoms. The number of hydrogen-bond donors (Lipinski definition) is 1. The van der Waals surface area contributed by atoms with Gasteiger partial charge in [0.05, 0.1) is 0 Å². The van der Waals surface area contributed by atoms with Crippen LogP contribution in [0.1, 0.15) is 27.2 Å². The van der Waals surface area contributed by atoms with Crippen molar-refractivity contribution in [3.05, 3.63) is 0 Å². The van der Waals surface area contributed by atoms with Gasteiger partial charge in [-0.3, -0.25) is 4.79 Å². The summed E-state index contributed by atoms with van der Waals surface area (Å²) < 4.78 is 23.5. The molecular formula is C8H14F2O2. The van der Waals surface area contributed by atoms with Crippen molar-refractivity contribution in [2.75, 3.05) is 0 Å². The van der Waals surface area contributed by atoms with Crippen molar-refractivity contribution in [1.29, 1.82) is 0 Å². The minimum Gasteiger partial charge on any atom is -0.387 e. The molecular weight excluding hydrogens is 166 g/mol. The van der Waals surface area contributed by atoms with Crippen molar-refractivity contribution in [2.45, 2.75) is 39.7 Å². The number of Topliss-reactive ketones (excluding diaryl/α,β-unsaturated/α-hetero) is 1. The monoisotopic (exact) mass is 180 g/mol. The Balaban J connectivity index is 4.02. The highest BCUT2D eigenvalue weighted by Crippen LogP contribution is 2.19. The third-order valence-corrected chi connectivity index (χ3v) is 1.52. The molecule has 0 heterocycles. The first-order valence-corrected chi connectivity index (χ1v) is 3.74. The number of carbonyl (C=O) groups excluding carboxylic acids is 1. The summed E-state index contributed by atoms with van der Waals surface area (Å²) in [5.74, 6) is -0.352. The van der Waals surface area contributed by atoms with Crippen molar-refractivity contribution in [2.24, 2.45) is 5.41 Å². The van der Waals surface area contributed by atoms with E-state index in [0.29, 0.717) is 0 Å². The molecule has 0 fully saturated rings. The Morgan fingerprint density at radius 1 is 1.42 bits per heavy atom. The number of ketones is 1. The van der Waals surface area contributed by atoms with E-state index in [1.54, 1.807) is 20.8 Å². The van der Waals surface area contributed by atoms with Gasteiger partial charge in [0.25, 0.3) is 6.43 Å². The molecule has 0 aliphatic carbocycles. The van der Waals surface area contributed by atoms with Crippen LogP contribution >= 0.6 is 0 Å². The molecule has 0 aromatic carbocycles. The minimum absolute atomic E-state index is 0.352. The maximum absolute atomic E-state index is 11.8. The largest absolute Gasteiger partial charge is 0.387 e. The van der Waals surface area contributed by atoms with Gasteiger partial charge in [0.15, 0.2) is 0 Å². The number of aliphatic hydroxyl groups is 1. The third-order valence-electron chi connectivity index (χ3n) is 1.52. The molecule has 0 aliphatic rings. The zero-order valence-corrected chi connectivity index (χ0v) is 7.47. The summed E-state index contributed by atoms with van der Waals surface area (Å²) in [6, 6.07) is 0. The highest BCUT2D eigenvalue weighted by atomic mass is 19.3. The lowest BCUT2D eigenvalue weighted by molar-refractivity contribution is -0.130. The van der Waals surface area contributed by atoms with Gasteiger partial charge in [-0.25, -0.2) is 8.78 Å². The molecule has 0 aromatic heterocycles. The molecule has 0 radical (unpaired) electrons. The Labute approximate surface area is 70.6 Å². The second-order valence-electron chi connectivity index (χ2n) is 3.78. The van der Waals surface area contributed by atoms with Crippen LogP contribution in [0, 0.1) is 5.41 Å². The molecule has 2 nitrogen and oxygen atoms in total. The van der Waals surface area contributed by atoms with Crippen molar-refractivity contribution in [1.82, 2.24) is 0 Å². The van der Waals surface area contributed by atoms with Crippen LogP contribution in [0.4, 0.5) is 8.78 Å². The average Bonchev–Trinajstić information content (AvgIpc) is 1.85. The highest BCUT2D eigenvalue weighted by Gasteiger charge is 2.27. The van der Waals surface area contributed by atoms with Gasteiger partial charge in [-0.15, -0.1) is 0 Å². The number of carbonyl (C=O) groups is 1. The molecule has 12 heavy (non-hydrogen) atoms. The average molecular weight is 180 g/mol. The Morgan fingerprint density at radius 3 is 2.08 bits per heavy atom. The number of alkyl halides is 2. The first-order chi connectivity index (χ1) is 5.25. The molecule has 0 rings (SSSR count). The van der Waals surface area contributed by atoms with Crippen LogP contribution in [-0.4, -0.2) is 23.4 Å². The van der Waals surface area contributed by atoms with Crippen LogP contribution < -0.4 is 0 Å². The van der Waals surface area contributed by atoms with Crippen molar-refractivity contribution in [3.63, 3.8) is 0 Å². The summed E-state index contributed by atoms with van der Waals surface area (Å²) >= 11 is 0. The second kappa shape index (κ2) is 3.94. The Hall–Kier alpha value is -0.510. The molecule has 4 heteroatoms. The van der Waals surface area contributed by atoms with Crippen molar-refractivity contribution in [3.8, 4) is 0 Å². The molecule has 0 amide bonds. The van der Waals surface area contributed by atoms with Crippen molar-refractivity contribution < 1.29 is 18.7 Å². The molecule has 0 saturated heterocycles. The fourth-order valence-electron chi connectivity index (χ4n) is 0.585. The van der Waals surface area contributed by atoms with Gasteiger partial charge < -0.3 is 5.11 Å². The van der Waals surface area contributed by atoms with Gasteiger partial charge in [-0.2, -0.15) is 0 Å². The van der Waals surface area contributed by atoms with Crippen LogP contribution in [0.15, 0.2) is 0 Å². The summed E-state index contributed by atoms with van der Waals surface area (Å²) in [5, 5.41) is 8.69. The number of aliphatic hydroxyl groups excluding tert-OH is 1. The van der Waals surface area contributed by atoms with E-state index in [2.05, 4.69) is 0 Å². The standard InChI is InChI=1S/C8H14F2O2/c1-8(2,3)6(12)4-5(11)7(9)10/h5,7,11H,4H2,1-3H3. The summed E-state index contributed by atoms with van der Waals surface area (Å²) in [7, 11) is 0. The molecule has 0 aliphatic heterocycles. The van der Waals surface area contributed by atoms with Gasteiger partial charge in [-0.05, 0) is 0 Å². The molecule has 72 valence electrons. The molecule has 0 aromatic rings. The van der Waals surface area contributed by atoms with E-state index in [4.69, 9.17) is 5.11 Å². The molecule has 0 spiro atoms. The zero-order valence-electron chi connectivity index (χ0n) is 7.47. The molecule has 1 atom stereocenters. The number of hydrogen-bond acceptors (Lipinski definition) is 2. The van der Waals surface area contributed by atoms with E-state index in [-0.39, 0.29) is 5.78 Å². The van der Waals surface area contributed by atoms with E-state index in [9.17, 15) is 13.6 Å². The zero-order chi connectivity index (χ0) is 9.94. The summed E-state index contributed by atoms with van der Waals surface area (Å²) in [6.45, 7) is 4.90. The SMILES string of the molecule is CC(C)(C)C(=O)CC(O)C(F)F. The van der Waals surface area contributed by atoms with Gasteiger partial charge in [0.2, 0.25) is 0 Å². The predicted octanol–water partition coefficient (Wildman–Crippen LogP) is 1.62. The van der Waals surface area contributed by atoms with Crippen LogP contribution in [0.3, 0.4) is 0 Å². The fraction of sp³-hybridized carbons (Fsp3) is 0.875. The molecule has 1 unspecified atom stereocenters. The Morgan fingerprint density at radius 2 is 1.83 bits per heavy atom. The fourth-order valence-corrected chi connectivity index (χ4v) is 0.585. The van der Waals surface area contributed by atoms with Gasteiger partial charge >= 0.3 is 0 Å². The maximum Gasteiger partial charge on any atom is 0.264 e. The highest BCUT2D eigenvalue weighted by molar-refractivity contribution is 5.84. The summed E-state index contributed by atoms with van der Waals surface area (Å²) in [4.78, 5) is 11.1. The normalized spacial score (nSPS) is 14.9. The molecule has 1 N–H and O–H groups in total. The maximum atomic E-state index is 11.8. The summed E-state index contributed by atoms with van der Waals surface area (Å²) in [5.41, 5.74) is -0.657. The number of halogens is 2. The van der Waals surface area contributed by atoms with Gasteiger partial charge in [-0.1, -0.05) is 20.8 Å². The van der Waals surface area contributed by atoms with E-state index in [1.807, 2.05) is 0 Å². The Bertz CT molecular complexity index is 161. The van der Waals surface area contributed by atoms with E-state index in [1.165, 1.54) is 0 Å². The molecule has 0 saturated carbocycles. The number of rotatable bonds is 3. The lowest BCUT2D eigenvalue weighted by atomic mass is 9.88. The quantitative estimate of drug-likeness (QED) is 0.716. The van der Waals surface area contributed by atoms with E-state index < -0.39 is 24.4 Å². The predicted molar refractivity (Wildman–Crippen MR) is 41.1 cm³/mol. The van der Waals surface area contributed by atoms with Crippen LogP contribution in [-0.2, 0) is 4.79 Å². The van der Waals surface area contributed by atoms with Crippen LogP contribution in [0.25, 0.3) is 0 Å². The van der Waals surface area contributed by atoms with Crippen LogP contribution in [0.5, 0.6) is 0 Å². The minimum atomic E-state index is -2.84. The Kier molecular flexibility index (Phi) is 3.77. The first kappa shape index (κ1) is 11.5. The van der Waals surface area contributed by atoms with Gasteiger partial charge in [0.1, 0.15) is 11.9 Å². The third kappa shape index (κ3) is 3.76. The second-order valence-corrected chi connectivity index (χ2v) is 3.78. The van der Waals surface area contributed by atoms with E-state index >= 15 is 0 Å². The summed E-state index contributed by atoms with van der Waals surface area (Å²) in [6.07, 6.45) is -5.13. The van der Waals surface area contributed by atoms with E-state index in [0.717, 1.165) is 0 Å². The lowest BCUT2D eigenvalue weighted by Crippen LogP contribution is -2.28. The first-order valence-electron chi connectivity index (χ1n) is 3.74. The topological polar surface area (TPSA) is 37.3 Å². The lowest BCUT2D eigenvalue weighted by Gasteiger charge is -2.18. The van der Waals surface area contributed by atoms with Gasteiger partial charge in [0, 0.05) is 11.8 Å².